The zero-order valence-electron chi connectivity index (χ0n) is 21.3. The normalized spacial score (nSPS) is 22.0. The van der Waals surface area contributed by atoms with E-state index in [0.717, 1.165) is 59.5 Å². The van der Waals surface area contributed by atoms with Crippen LogP contribution in [0.4, 0.5) is 22.0 Å². The zero-order chi connectivity index (χ0) is 28.8. The predicted molar refractivity (Wildman–Crippen MR) is 134 cm³/mol. The molecule has 0 unspecified atom stereocenters. The molecular weight excluding hydrogens is 555 g/mol. The second kappa shape index (κ2) is 10.6. The second-order valence-electron chi connectivity index (χ2n) is 10.1. The number of hydrogen-bond donors (Lipinski definition) is 0. The van der Waals surface area contributed by atoms with Gasteiger partial charge in [0.05, 0.1) is 17.0 Å². The first-order valence-electron chi connectivity index (χ1n) is 12.7. The summed E-state index contributed by atoms with van der Waals surface area (Å²) in [6, 6.07) is 3.53. The number of Topliss-reactive ketones (excluding diaryl/α,β-unsaturated/α-hetero) is 1. The lowest BCUT2D eigenvalue weighted by Gasteiger charge is -2.27. The number of aromatic nitrogens is 3. The van der Waals surface area contributed by atoms with Crippen LogP contribution in [0.2, 0.25) is 0 Å². The molecule has 0 amide bonds. The summed E-state index contributed by atoms with van der Waals surface area (Å²) in [4.78, 5) is 24.4. The monoisotopic (exact) mass is 580 g/mol. The Kier molecular flexibility index (Phi) is 7.47. The first kappa shape index (κ1) is 28.2. The lowest BCUT2D eigenvalue weighted by Crippen LogP contribution is -2.44. The third-order valence-electron chi connectivity index (χ3n) is 7.29. The highest BCUT2D eigenvalue weighted by molar-refractivity contribution is 7.89. The fraction of sp³-hybridized carbons (Fsp3) is 0.407. The van der Waals surface area contributed by atoms with E-state index < -0.39 is 51.9 Å². The number of rotatable bonds is 8. The van der Waals surface area contributed by atoms with Gasteiger partial charge in [0.2, 0.25) is 15.8 Å². The number of halogens is 5. The molecule has 2 aromatic heterocycles. The number of benzene rings is 1. The van der Waals surface area contributed by atoms with Crippen LogP contribution in [0, 0.1) is 5.82 Å². The molecule has 3 heterocycles. The van der Waals surface area contributed by atoms with Gasteiger partial charge in [-0.1, -0.05) is 0 Å². The van der Waals surface area contributed by atoms with Crippen molar-refractivity contribution in [1.29, 1.82) is 0 Å². The molecule has 212 valence electrons. The van der Waals surface area contributed by atoms with Gasteiger partial charge in [0.1, 0.15) is 12.0 Å². The highest BCUT2D eigenvalue weighted by atomic mass is 32.2. The van der Waals surface area contributed by atoms with Crippen LogP contribution in [-0.2, 0) is 27.4 Å². The number of pyridine rings is 1. The number of aryl methyl sites for hydroxylation is 1. The Bertz CT molecular complexity index is 1510. The van der Waals surface area contributed by atoms with Crippen LogP contribution in [0.5, 0.6) is 0 Å². The largest absolute Gasteiger partial charge is 0.451 e. The molecule has 5 rings (SSSR count). The van der Waals surface area contributed by atoms with E-state index in [1.165, 1.54) is 13.1 Å². The highest BCUT2D eigenvalue weighted by Crippen LogP contribution is 2.42. The Balaban J connectivity index is 1.38. The Morgan fingerprint density at radius 3 is 2.25 bits per heavy atom. The van der Waals surface area contributed by atoms with Crippen LogP contribution in [0.1, 0.15) is 55.6 Å². The first-order valence-corrected chi connectivity index (χ1v) is 14.1. The SMILES string of the molecule is C[C@H]1[C@H](F)C[C@@H](C(=O)CCc2cc(-c3cnc(C(F)(F)F)nc3)cnc2C2CC2)N1S(=O)(=O)c1ccc(F)cc1. The van der Waals surface area contributed by atoms with E-state index in [1.54, 1.807) is 6.07 Å². The van der Waals surface area contributed by atoms with Crippen molar-refractivity contribution in [3.05, 3.63) is 71.8 Å². The molecule has 1 aliphatic carbocycles. The highest BCUT2D eigenvalue weighted by Gasteiger charge is 2.48. The van der Waals surface area contributed by atoms with Gasteiger partial charge in [-0.2, -0.15) is 17.5 Å². The summed E-state index contributed by atoms with van der Waals surface area (Å²) in [6.07, 6.45) is -1.01. The molecule has 7 nitrogen and oxygen atoms in total. The zero-order valence-corrected chi connectivity index (χ0v) is 22.1. The number of carbonyl (C=O) groups excluding carboxylic acids is 1. The number of alkyl halides is 4. The van der Waals surface area contributed by atoms with Crippen molar-refractivity contribution in [2.24, 2.45) is 0 Å². The van der Waals surface area contributed by atoms with Crippen LogP contribution in [0.3, 0.4) is 0 Å². The van der Waals surface area contributed by atoms with Crippen LogP contribution in [-0.4, -0.2) is 51.7 Å². The van der Waals surface area contributed by atoms with Crippen molar-refractivity contribution in [2.45, 2.75) is 74.3 Å². The van der Waals surface area contributed by atoms with E-state index in [9.17, 15) is 35.2 Å². The summed E-state index contributed by atoms with van der Waals surface area (Å²) >= 11 is 0. The molecule has 3 atom stereocenters. The summed E-state index contributed by atoms with van der Waals surface area (Å²) < 4.78 is 94.2. The van der Waals surface area contributed by atoms with Crippen LogP contribution >= 0.6 is 0 Å². The standard InChI is InChI=1S/C27H25F5N4O3S/c1-15-22(29)11-23(36(15)40(38,39)21-7-5-20(28)6-8-21)24(37)9-4-17-10-18(12-33-25(17)16-2-3-16)19-13-34-26(35-14-19)27(30,31)32/h5-8,10,12-16,22-23H,2-4,9,11H2,1H3/t15-,22+,23-/m0/s1. The minimum absolute atomic E-state index is 0.103. The number of hydrogen-bond acceptors (Lipinski definition) is 6. The lowest BCUT2D eigenvalue weighted by atomic mass is 9.97. The van der Waals surface area contributed by atoms with Crippen molar-refractivity contribution in [3.8, 4) is 11.1 Å². The van der Waals surface area contributed by atoms with Crippen LogP contribution in [0.25, 0.3) is 11.1 Å². The van der Waals surface area contributed by atoms with E-state index in [2.05, 4.69) is 15.0 Å². The average molecular weight is 581 g/mol. The summed E-state index contributed by atoms with van der Waals surface area (Å²) in [5.74, 6) is -2.17. The minimum atomic E-state index is -4.67. The van der Waals surface area contributed by atoms with Gasteiger partial charge in [-0.25, -0.2) is 27.2 Å². The molecule has 40 heavy (non-hydrogen) atoms. The van der Waals surface area contributed by atoms with Crippen LogP contribution in [0.15, 0.2) is 53.8 Å². The molecule has 1 saturated carbocycles. The molecule has 1 aliphatic heterocycles. The molecule has 1 aromatic carbocycles. The van der Waals surface area contributed by atoms with E-state index in [0.29, 0.717) is 16.7 Å². The van der Waals surface area contributed by atoms with Gasteiger partial charge in [0.15, 0.2) is 5.78 Å². The van der Waals surface area contributed by atoms with Crippen molar-refractivity contribution < 1.29 is 35.2 Å². The summed E-state index contributed by atoms with van der Waals surface area (Å²) in [6.45, 7) is 1.39. The molecule has 3 aromatic rings. The van der Waals surface area contributed by atoms with Gasteiger partial charge in [-0.3, -0.25) is 9.78 Å². The van der Waals surface area contributed by atoms with E-state index in [-0.39, 0.29) is 30.1 Å². The van der Waals surface area contributed by atoms with Gasteiger partial charge in [-0.05, 0) is 62.1 Å². The summed E-state index contributed by atoms with van der Waals surface area (Å²) in [7, 11) is -4.28. The fourth-order valence-electron chi connectivity index (χ4n) is 5.00. The molecule has 0 spiro atoms. The molecule has 2 fully saturated rings. The van der Waals surface area contributed by atoms with Crippen molar-refractivity contribution >= 4 is 15.8 Å². The third kappa shape index (κ3) is 5.62. The topological polar surface area (TPSA) is 93.1 Å². The maximum absolute atomic E-state index is 14.8. The van der Waals surface area contributed by atoms with Gasteiger partial charge in [-0.15, -0.1) is 0 Å². The third-order valence-corrected chi connectivity index (χ3v) is 9.30. The molecule has 2 aliphatic rings. The molecule has 1 saturated heterocycles. The molecular formula is C27H25F5N4O3S. The summed E-state index contributed by atoms with van der Waals surface area (Å²) in [5.41, 5.74) is 2.25. The predicted octanol–water partition coefficient (Wildman–Crippen LogP) is 5.27. The van der Waals surface area contributed by atoms with E-state index >= 15 is 0 Å². The van der Waals surface area contributed by atoms with Gasteiger partial charge < -0.3 is 0 Å². The Hall–Kier alpha value is -3.32. The second-order valence-corrected chi connectivity index (χ2v) is 11.9. The van der Waals surface area contributed by atoms with Gasteiger partial charge in [0.25, 0.3) is 0 Å². The van der Waals surface area contributed by atoms with Crippen LogP contribution < -0.4 is 0 Å². The smallest absolute Gasteiger partial charge is 0.298 e. The van der Waals surface area contributed by atoms with E-state index in [4.69, 9.17) is 0 Å². The molecule has 0 N–H and O–H groups in total. The number of ketones is 1. The van der Waals surface area contributed by atoms with Gasteiger partial charge >= 0.3 is 6.18 Å². The quantitative estimate of drug-likeness (QED) is 0.338. The Morgan fingerprint density at radius 1 is 1.02 bits per heavy atom. The number of nitrogens with zero attached hydrogens (tertiary/aromatic N) is 4. The fourth-order valence-corrected chi connectivity index (χ4v) is 6.83. The molecule has 0 bridgehead atoms. The van der Waals surface area contributed by atoms with Crippen molar-refractivity contribution in [1.82, 2.24) is 19.3 Å². The summed E-state index contributed by atoms with van der Waals surface area (Å²) in [5, 5.41) is 0. The maximum Gasteiger partial charge on any atom is 0.451 e. The lowest BCUT2D eigenvalue weighted by molar-refractivity contribution is -0.145. The van der Waals surface area contributed by atoms with Gasteiger partial charge in [0, 0.05) is 54.2 Å². The number of carbonyl (C=O) groups is 1. The first-order chi connectivity index (χ1) is 18.9. The average Bonchev–Trinajstić information content (AvgIpc) is 3.71. The Labute approximate surface area is 227 Å². The van der Waals surface area contributed by atoms with E-state index in [1.807, 2.05) is 0 Å². The molecule has 13 heteroatoms. The molecule has 0 radical (unpaired) electrons. The minimum Gasteiger partial charge on any atom is -0.298 e. The van der Waals surface area contributed by atoms with Crippen molar-refractivity contribution in [3.63, 3.8) is 0 Å². The maximum atomic E-state index is 14.8. The number of sulfonamides is 1. The Morgan fingerprint density at radius 2 is 1.65 bits per heavy atom. The van der Waals surface area contributed by atoms with Crippen molar-refractivity contribution in [2.75, 3.05) is 0 Å².